The first-order chi connectivity index (χ1) is 14.3. The molecule has 1 aromatic heterocycles. The summed E-state index contributed by atoms with van der Waals surface area (Å²) in [5.41, 5.74) is 2.22. The summed E-state index contributed by atoms with van der Waals surface area (Å²) >= 11 is 0. The highest BCUT2D eigenvalue weighted by Gasteiger charge is 2.22. The Kier molecular flexibility index (Phi) is 6.26. The predicted octanol–water partition coefficient (Wildman–Crippen LogP) is 1.99. The molecule has 3 aromatic rings. The number of aryl methyl sites for hydroxylation is 1. The maximum absolute atomic E-state index is 12.7. The summed E-state index contributed by atoms with van der Waals surface area (Å²) in [5, 5.41) is 11.3. The normalized spacial score (nSPS) is 11.9. The fourth-order valence-electron chi connectivity index (χ4n) is 2.72. The quantitative estimate of drug-likeness (QED) is 0.321. The number of benzene rings is 2. The molecule has 9 nitrogen and oxygen atoms in total. The molecule has 0 fully saturated rings. The van der Waals surface area contributed by atoms with E-state index in [2.05, 4.69) is 15.5 Å². The van der Waals surface area contributed by atoms with Gasteiger partial charge in [-0.3, -0.25) is 0 Å². The number of oxime groups is 1. The van der Waals surface area contributed by atoms with Crippen molar-refractivity contribution in [3.8, 4) is 0 Å². The standard InChI is InChI=1S/C20H20N4O5S/c1-14-7-9-17(10-8-14)30(26,27)18-13-24(23-21-18)12-15-5-4-6-16(11-15)19(22-29-3)20(25)28-2/h4-11,13H,12H2,1-3H3/b22-19+. The summed E-state index contributed by atoms with van der Waals surface area (Å²) in [5.74, 6) is -0.638. The van der Waals surface area contributed by atoms with Gasteiger partial charge in [-0.1, -0.05) is 46.3 Å². The topological polar surface area (TPSA) is 113 Å². The average molecular weight is 428 g/mol. The molecule has 0 amide bonds. The third kappa shape index (κ3) is 4.54. The van der Waals surface area contributed by atoms with Gasteiger partial charge in [-0.05, 0) is 30.7 Å². The van der Waals surface area contributed by atoms with E-state index in [1.54, 1.807) is 36.4 Å². The highest BCUT2D eigenvalue weighted by Crippen LogP contribution is 2.19. The molecule has 0 N–H and O–H groups in total. The van der Waals surface area contributed by atoms with E-state index in [0.717, 1.165) is 11.1 Å². The van der Waals surface area contributed by atoms with Crippen LogP contribution in [0.25, 0.3) is 0 Å². The number of carbonyl (C=O) groups excluding carboxylic acids is 1. The van der Waals surface area contributed by atoms with Crippen molar-refractivity contribution in [3.63, 3.8) is 0 Å². The number of nitrogens with zero attached hydrogens (tertiary/aromatic N) is 4. The molecule has 0 atom stereocenters. The molecule has 3 rings (SSSR count). The molecule has 2 aromatic carbocycles. The Morgan fingerprint density at radius 1 is 1.13 bits per heavy atom. The number of carbonyl (C=O) groups is 1. The van der Waals surface area contributed by atoms with Gasteiger partial charge < -0.3 is 9.57 Å². The van der Waals surface area contributed by atoms with Crippen LogP contribution in [0.1, 0.15) is 16.7 Å². The summed E-state index contributed by atoms with van der Waals surface area (Å²) in [6, 6.07) is 13.5. The number of hydrogen-bond donors (Lipinski definition) is 0. The molecule has 0 saturated carbocycles. The van der Waals surface area contributed by atoms with Gasteiger partial charge in [-0.2, -0.15) is 0 Å². The zero-order valence-electron chi connectivity index (χ0n) is 16.6. The first kappa shape index (κ1) is 21.2. The Morgan fingerprint density at radius 2 is 1.87 bits per heavy atom. The Labute approximate surface area is 173 Å². The SMILES string of the molecule is CO/N=C(/C(=O)OC)c1cccc(Cn2cc(S(=O)(=O)c3ccc(C)cc3)nn2)c1. The summed E-state index contributed by atoms with van der Waals surface area (Å²) in [7, 11) is -1.18. The molecule has 0 saturated heterocycles. The molecule has 0 spiro atoms. The molecule has 0 aliphatic carbocycles. The number of esters is 1. The Balaban J connectivity index is 1.85. The number of hydrogen-bond acceptors (Lipinski definition) is 8. The van der Waals surface area contributed by atoms with E-state index >= 15 is 0 Å². The van der Waals surface area contributed by atoms with Gasteiger partial charge in [0.2, 0.25) is 14.9 Å². The first-order valence-electron chi connectivity index (χ1n) is 8.86. The van der Waals surface area contributed by atoms with Crippen molar-refractivity contribution in [1.29, 1.82) is 0 Å². The van der Waals surface area contributed by atoms with Crippen LogP contribution >= 0.6 is 0 Å². The molecule has 0 unspecified atom stereocenters. The molecular weight excluding hydrogens is 408 g/mol. The molecule has 1 heterocycles. The summed E-state index contributed by atoms with van der Waals surface area (Å²) in [4.78, 5) is 16.8. The van der Waals surface area contributed by atoms with Gasteiger partial charge in [-0.15, -0.1) is 5.10 Å². The molecule has 10 heteroatoms. The number of ether oxygens (including phenoxy) is 1. The zero-order chi connectivity index (χ0) is 21.7. The van der Waals surface area contributed by atoms with Gasteiger partial charge in [0.05, 0.1) is 24.7 Å². The minimum absolute atomic E-state index is 0.0167. The number of sulfone groups is 1. The van der Waals surface area contributed by atoms with Crippen LogP contribution in [0.5, 0.6) is 0 Å². The largest absolute Gasteiger partial charge is 0.464 e. The fourth-order valence-corrected chi connectivity index (χ4v) is 3.86. The second-order valence-electron chi connectivity index (χ2n) is 6.39. The number of rotatable bonds is 7. The molecule has 0 radical (unpaired) electrons. The third-order valence-corrected chi connectivity index (χ3v) is 5.86. The second-order valence-corrected chi connectivity index (χ2v) is 8.28. The molecule has 0 aliphatic heterocycles. The van der Waals surface area contributed by atoms with Gasteiger partial charge in [0, 0.05) is 5.56 Å². The fraction of sp³-hybridized carbons (Fsp3) is 0.200. The van der Waals surface area contributed by atoms with Crippen molar-refractivity contribution in [2.24, 2.45) is 5.16 Å². The molecular formula is C20H20N4O5S. The predicted molar refractivity (Wildman–Crippen MR) is 108 cm³/mol. The summed E-state index contributed by atoms with van der Waals surface area (Å²) in [6.45, 7) is 2.12. The Hall–Kier alpha value is -3.53. The van der Waals surface area contributed by atoms with Crippen LogP contribution in [0.2, 0.25) is 0 Å². The van der Waals surface area contributed by atoms with Crippen LogP contribution in [0.3, 0.4) is 0 Å². The van der Waals surface area contributed by atoms with Crippen LogP contribution in [0.4, 0.5) is 0 Å². The van der Waals surface area contributed by atoms with Gasteiger partial charge in [0.25, 0.3) is 0 Å². The van der Waals surface area contributed by atoms with Gasteiger partial charge in [0.1, 0.15) is 7.11 Å². The Morgan fingerprint density at radius 3 is 2.53 bits per heavy atom. The third-order valence-electron chi connectivity index (χ3n) is 4.23. The van der Waals surface area contributed by atoms with Gasteiger partial charge in [-0.25, -0.2) is 17.9 Å². The first-order valence-corrected chi connectivity index (χ1v) is 10.3. The number of methoxy groups -OCH3 is 1. The monoisotopic (exact) mass is 428 g/mol. The van der Waals surface area contributed by atoms with Crippen molar-refractivity contribution in [1.82, 2.24) is 15.0 Å². The van der Waals surface area contributed by atoms with Crippen molar-refractivity contribution in [2.45, 2.75) is 23.4 Å². The zero-order valence-corrected chi connectivity index (χ0v) is 17.5. The smallest absolute Gasteiger partial charge is 0.360 e. The highest BCUT2D eigenvalue weighted by atomic mass is 32.2. The van der Waals surface area contributed by atoms with E-state index in [9.17, 15) is 13.2 Å². The second kappa shape index (κ2) is 8.87. The average Bonchev–Trinajstić information content (AvgIpc) is 3.21. The van der Waals surface area contributed by atoms with Crippen LogP contribution in [-0.4, -0.2) is 49.3 Å². The van der Waals surface area contributed by atoms with Crippen molar-refractivity contribution >= 4 is 21.5 Å². The van der Waals surface area contributed by atoms with Crippen molar-refractivity contribution < 1.29 is 22.8 Å². The van der Waals surface area contributed by atoms with Crippen LogP contribution in [0.15, 0.2) is 69.8 Å². The van der Waals surface area contributed by atoms with Crippen molar-refractivity contribution in [3.05, 3.63) is 71.4 Å². The molecule has 0 aliphatic rings. The molecule has 0 bridgehead atoms. The lowest BCUT2D eigenvalue weighted by atomic mass is 10.1. The maximum Gasteiger partial charge on any atom is 0.360 e. The lowest BCUT2D eigenvalue weighted by Gasteiger charge is -2.06. The van der Waals surface area contributed by atoms with E-state index in [0.29, 0.717) is 5.56 Å². The summed E-state index contributed by atoms with van der Waals surface area (Å²) < 4.78 is 31.6. The van der Waals surface area contributed by atoms with Crippen molar-refractivity contribution in [2.75, 3.05) is 14.2 Å². The number of aromatic nitrogens is 3. The lowest BCUT2D eigenvalue weighted by molar-refractivity contribution is -0.132. The minimum atomic E-state index is -3.76. The minimum Gasteiger partial charge on any atom is -0.464 e. The van der Waals surface area contributed by atoms with E-state index < -0.39 is 15.8 Å². The lowest BCUT2D eigenvalue weighted by Crippen LogP contribution is -2.18. The molecule has 30 heavy (non-hydrogen) atoms. The van der Waals surface area contributed by atoms with E-state index in [1.807, 2.05) is 6.92 Å². The van der Waals surface area contributed by atoms with Gasteiger partial charge >= 0.3 is 5.97 Å². The van der Waals surface area contributed by atoms with E-state index in [4.69, 9.17) is 9.57 Å². The van der Waals surface area contributed by atoms with E-state index in [-0.39, 0.29) is 22.2 Å². The summed E-state index contributed by atoms with van der Waals surface area (Å²) in [6.07, 6.45) is 1.37. The van der Waals surface area contributed by atoms with E-state index in [1.165, 1.54) is 37.2 Å². The van der Waals surface area contributed by atoms with Crippen LogP contribution in [0, 0.1) is 6.92 Å². The highest BCUT2D eigenvalue weighted by molar-refractivity contribution is 7.91. The van der Waals surface area contributed by atoms with Gasteiger partial charge in [0.15, 0.2) is 5.71 Å². The molecule has 156 valence electrons. The Bertz CT molecular complexity index is 1180. The van der Waals surface area contributed by atoms with Crippen LogP contribution < -0.4 is 0 Å². The maximum atomic E-state index is 12.7. The van der Waals surface area contributed by atoms with Crippen LogP contribution in [-0.2, 0) is 30.8 Å².